The molecule has 2 heterocycles. The Morgan fingerprint density at radius 2 is 1.87 bits per heavy atom. The summed E-state index contributed by atoms with van der Waals surface area (Å²) < 4.78 is 5.11. The molecule has 0 spiro atoms. The molecule has 118 valence electrons. The molecule has 3 aromatic rings. The van der Waals surface area contributed by atoms with Crippen LogP contribution in [0.4, 0.5) is 11.6 Å². The summed E-state index contributed by atoms with van der Waals surface area (Å²) in [4.78, 5) is 13.4. The molecule has 0 aliphatic carbocycles. The predicted molar refractivity (Wildman–Crippen MR) is 93.1 cm³/mol. The normalized spacial score (nSPS) is 10.7. The van der Waals surface area contributed by atoms with Crippen molar-refractivity contribution in [2.75, 3.05) is 12.4 Å². The first-order valence-electron chi connectivity index (χ1n) is 7.26. The zero-order chi connectivity index (χ0) is 16.2. The number of anilines is 2. The van der Waals surface area contributed by atoms with Crippen LogP contribution in [0.15, 0.2) is 35.8 Å². The number of methoxy groups -OCH3 is 1. The number of hydrogen-bond donors (Lipinski definition) is 1. The Morgan fingerprint density at radius 3 is 2.61 bits per heavy atom. The minimum absolute atomic E-state index is 0.517. The first-order valence-corrected chi connectivity index (χ1v) is 8.14. The van der Waals surface area contributed by atoms with Gasteiger partial charge in [0.15, 0.2) is 0 Å². The smallest absolute Gasteiger partial charge is 0.227 e. The van der Waals surface area contributed by atoms with Crippen LogP contribution in [0.2, 0.25) is 0 Å². The lowest BCUT2D eigenvalue weighted by Crippen LogP contribution is -1.98. The summed E-state index contributed by atoms with van der Waals surface area (Å²) in [6, 6.07) is 8.14. The van der Waals surface area contributed by atoms with Crippen LogP contribution in [0, 0.1) is 13.8 Å². The number of benzene rings is 1. The summed E-state index contributed by atoms with van der Waals surface area (Å²) >= 11 is 1.57. The predicted octanol–water partition coefficient (Wildman–Crippen LogP) is 4.11. The van der Waals surface area contributed by atoms with E-state index in [2.05, 4.69) is 52.3 Å². The lowest BCUT2D eigenvalue weighted by atomic mass is 10.1. The Balaban J connectivity index is 1.84. The zero-order valence-corrected chi connectivity index (χ0v) is 14.1. The lowest BCUT2D eigenvalue weighted by molar-refractivity contribution is 0.184. The number of thiazole rings is 1. The van der Waals surface area contributed by atoms with E-state index in [1.165, 1.54) is 11.1 Å². The van der Waals surface area contributed by atoms with Gasteiger partial charge in [0.25, 0.3) is 0 Å². The Morgan fingerprint density at radius 1 is 1.09 bits per heavy atom. The number of nitrogens with one attached hydrogen (secondary N) is 1. The molecular weight excluding hydrogens is 308 g/mol. The summed E-state index contributed by atoms with van der Waals surface area (Å²) in [5.41, 5.74) is 5.02. The molecule has 0 saturated carbocycles. The molecule has 0 aliphatic rings. The van der Waals surface area contributed by atoms with Crippen molar-refractivity contribution in [2.45, 2.75) is 20.5 Å². The highest BCUT2D eigenvalue weighted by molar-refractivity contribution is 7.09. The van der Waals surface area contributed by atoms with Gasteiger partial charge in [0, 0.05) is 24.4 Å². The number of rotatable bonds is 5. The van der Waals surface area contributed by atoms with E-state index < -0.39 is 0 Å². The highest BCUT2D eigenvalue weighted by Crippen LogP contribution is 2.22. The van der Waals surface area contributed by atoms with E-state index in [0.29, 0.717) is 12.6 Å². The molecule has 0 atom stereocenters. The zero-order valence-electron chi connectivity index (χ0n) is 13.3. The second-order valence-electron chi connectivity index (χ2n) is 5.33. The maximum absolute atomic E-state index is 5.11. The molecule has 1 aromatic carbocycles. The molecule has 0 unspecified atom stereocenters. The third-order valence-corrected chi connectivity index (χ3v) is 4.04. The van der Waals surface area contributed by atoms with Crippen molar-refractivity contribution in [1.82, 2.24) is 15.0 Å². The van der Waals surface area contributed by atoms with E-state index in [0.717, 1.165) is 22.1 Å². The summed E-state index contributed by atoms with van der Waals surface area (Å²) in [6.45, 7) is 4.66. The van der Waals surface area contributed by atoms with Crippen LogP contribution in [0.3, 0.4) is 0 Å². The van der Waals surface area contributed by atoms with Gasteiger partial charge in [0.05, 0.1) is 12.3 Å². The third kappa shape index (κ3) is 3.91. The van der Waals surface area contributed by atoms with Gasteiger partial charge in [-0.3, -0.25) is 0 Å². The van der Waals surface area contributed by atoms with E-state index in [1.807, 2.05) is 11.4 Å². The lowest BCUT2D eigenvalue weighted by Gasteiger charge is -2.07. The Bertz CT molecular complexity index is 796. The minimum atomic E-state index is 0.517. The second-order valence-corrected chi connectivity index (χ2v) is 6.27. The largest absolute Gasteiger partial charge is 0.378 e. The summed E-state index contributed by atoms with van der Waals surface area (Å²) in [5, 5.41) is 6.17. The van der Waals surface area contributed by atoms with Crippen LogP contribution in [-0.2, 0) is 11.3 Å². The fourth-order valence-electron chi connectivity index (χ4n) is 2.36. The molecule has 0 fully saturated rings. The van der Waals surface area contributed by atoms with Crippen LogP contribution in [-0.4, -0.2) is 22.1 Å². The first kappa shape index (κ1) is 15.6. The molecular formula is C17H18N4OS. The van der Waals surface area contributed by atoms with Crippen molar-refractivity contribution in [3.63, 3.8) is 0 Å². The third-order valence-electron chi connectivity index (χ3n) is 3.22. The Labute approximate surface area is 139 Å². The van der Waals surface area contributed by atoms with Gasteiger partial charge in [-0.05, 0) is 43.2 Å². The molecule has 0 amide bonds. The SMILES string of the molecule is COCc1nc(-c2ccnc(Nc3cc(C)cc(C)c3)n2)cs1. The summed E-state index contributed by atoms with van der Waals surface area (Å²) in [5.74, 6) is 0.564. The molecule has 1 N–H and O–H groups in total. The molecule has 0 bridgehead atoms. The number of ether oxygens (including phenoxy) is 1. The molecule has 3 rings (SSSR count). The van der Waals surface area contributed by atoms with Crippen molar-refractivity contribution in [3.8, 4) is 11.4 Å². The molecule has 2 aromatic heterocycles. The molecule has 5 nitrogen and oxygen atoms in total. The van der Waals surface area contributed by atoms with Crippen LogP contribution in [0.25, 0.3) is 11.4 Å². The number of nitrogens with zero attached hydrogens (tertiary/aromatic N) is 3. The fourth-order valence-corrected chi connectivity index (χ4v) is 3.11. The van der Waals surface area contributed by atoms with E-state index in [-0.39, 0.29) is 0 Å². The average molecular weight is 326 g/mol. The van der Waals surface area contributed by atoms with Gasteiger partial charge in [-0.25, -0.2) is 15.0 Å². The fraction of sp³-hybridized carbons (Fsp3) is 0.235. The van der Waals surface area contributed by atoms with E-state index in [4.69, 9.17) is 4.74 Å². The summed E-state index contributed by atoms with van der Waals surface area (Å²) in [6.07, 6.45) is 1.74. The topological polar surface area (TPSA) is 59.9 Å². The van der Waals surface area contributed by atoms with Gasteiger partial charge in [-0.1, -0.05) is 6.07 Å². The Kier molecular flexibility index (Phi) is 4.64. The van der Waals surface area contributed by atoms with Crippen molar-refractivity contribution in [2.24, 2.45) is 0 Å². The van der Waals surface area contributed by atoms with Gasteiger partial charge in [-0.15, -0.1) is 11.3 Å². The quantitative estimate of drug-likeness (QED) is 0.764. The van der Waals surface area contributed by atoms with Crippen molar-refractivity contribution >= 4 is 23.0 Å². The van der Waals surface area contributed by atoms with Crippen LogP contribution in [0.1, 0.15) is 16.1 Å². The van der Waals surface area contributed by atoms with Crippen molar-refractivity contribution in [1.29, 1.82) is 0 Å². The average Bonchev–Trinajstić information content (AvgIpc) is 2.95. The molecule has 23 heavy (non-hydrogen) atoms. The minimum Gasteiger partial charge on any atom is -0.378 e. The van der Waals surface area contributed by atoms with E-state index in [9.17, 15) is 0 Å². The van der Waals surface area contributed by atoms with Gasteiger partial charge >= 0.3 is 0 Å². The molecule has 0 aliphatic heterocycles. The molecule has 6 heteroatoms. The van der Waals surface area contributed by atoms with Crippen LogP contribution < -0.4 is 5.32 Å². The van der Waals surface area contributed by atoms with Crippen molar-refractivity contribution < 1.29 is 4.74 Å². The first-order chi connectivity index (χ1) is 11.1. The second kappa shape index (κ2) is 6.85. The number of hydrogen-bond acceptors (Lipinski definition) is 6. The standard InChI is InChI=1S/C17H18N4OS/c1-11-6-12(2)8-13(7-11)19-17-18-5-4-14(21-17)15-10-23-16(20-15)9-22-3/h4-8,10H,9H2,1-3H3,(H,18,19,21). The van der Waals surface area contributed by atoms with Gasteiger partial charge in [0.2, 0.25) is 5.95 Å². The van der Waals surface area contributed by atoms with Gasteiger partial charge in [0.1, 0.15) is 10.7 Å². The van der Waals surface area contributed by atoms with Crippen molar-refractivity contribution in [3.05, 3.63) is 52.0 Å². The molecule has 0 radical (unpaired) electrons. The van der Waals surface area contributed by atoms with Gasteiger partial charge in [-0.2, -0.15) is 0 Å². The monoisotopic (exact) mass is 326 g/mol. The summed E-state index contributed by atoms with van der Waals surface area (Å²) in [7, 11) is 1.66. The van der Waals surface area contributed by atoms with Crippen LogP contribution >= 0.6 is 11.3 Å². The van der Waals surface area contributed by atoms with Crippen LogP contribution in [0.5, 0.6) is 0 Å². The number of aromatic nitrogens is 3. The maximum atomic E-state index is 5.11. The van der Waals surface area contributed by atoms with Gasteiger partial charge < -0.3 is 10.1 Å². The highest BCUT2D eigenvalue weighted by atomic mass is 32.1. The van der Waals surface area contributed by atoms with E-state index in [1.54, 1.807) is 24.6 Å². The van der Waals surface area contributed by atoms with E-state index >= 15 is 0 Å². The Hall–Kier alpha value is -2.31. The molecule has 0 saturated heterocycles. The highest BCUT2D eigenvalue weighted by Gasteiger charge is 2.08. The number of aryl methyl sites for hydroxylation is 2. The maximum Gasteiger partial charge on any atom is 0.227 e.